The normalized spacial score (nSPS) is 18.0. The van der Waals surface area contributed by atoms with Gasteiger partial charge in [0.15, 0.2) is 0 Å². The van der Waals surface area contributed by atoms with Crippen molar-refractivity contribution < 1.29 is 14.3 Å². The van der Waals surface area contributed by atoms with E-state index in [-0.39, 0.29) is 24.9 Å². The van der Waals surface area contributed by atoms with Crippen molar-refractivity contribution in [2.24, 2.45) is 10.9 Å². The third-order valence-corrected chi connectivity index (χ3v) is 5.17. The van der Waals surface area contributed by atoms with Crippen molar-refractivity contribution in [3.05, 3.63) is 64.7 Å². The Hall–Kier alpha value is -2.86. The van der Waals surface area contributed by atoms with Gasteiger partial charge in [-0.1, -0.05) is 35.9 Å². The number of nitrogens with zero attached hydrogens (tertiary/aromatic N) is 2. The fourth-order valence-electron chi connectivity index (χ4n) is 3.46. The molecule has 2 heterocycles. The summed E-state index contributed by atoms with van der Waals surface area (Å²) in [5.74, 6) is -0.0518. The van der Waals surface area contributed by atoms with Gasteiger partial charge < -0.3 is 15.0 Å². The molecular formula is C21H20ClN3O3. The largest absolute Gasteiger partial charge is 0.464 e. The molecule has 7 heteroatoms. The summed E-state index contributed by atoms with van der Waals surface area (Å²) in [6.45, 7) is 1.70. The van der Waals surface area contributed by atoms with E-state index in [1.807, 2.05) is 18.2 Å². The minimum absolute atomic E-state index is 0.0840. The molecule has 1 fully saturated rings. The zero-order valence-corrected chi connectivity index (χ0v) is 16.0. The van der Waals surface area contributed by atoms with E-state index < -0.39 is 5.92 Å². The number of aliphatic imine (C=N–C) groups is 1. The van der Waals surface area contributed by atoms with Crippen LogP contribution in [0.5, 0.6) is 0 Å². The van der Waals surface area contributed by atoms with Crippen molar-refractivity contribution in [2.45, 2.75) is 13.0 Å². The van der Waals surface area contributed by atoms with Crippen molar-refractivity contribution in [1.29, 1.82) is 0 Å². The van der Waals surface area contributed by atoms with Crippen LogP contribution in [-0.4, -0.2) is 37.4 Å². The summed E-state index contributed by atoms with van der Waals surface area (Å²) in [6.07, 6.45) is 0.162. The topological polar surface area (TPSA) is 71.0 Å². The molecule has 28 heavy (non-hydrogen) atoms. The SMILES string of the molecule is O=C(OCCNC1=NCc2ccccc21)C1CC(=O)N(c2ccc(Cl)cc2)C1. The molecule has 4 rings (SSSR count). The summed E-state index contributed by atoms with van der Waals surface area (Å²) < 4.78 is 5.37. The summed E-state index contributed by atoms with van der Waals surface area (Å²) in [6, 6.07) is 15.1. The van der Waals surface area contributed by atoms with Crippen LogP contribution in [0.4, 0.5) is 5.69 Å². The molecule has 2 aliphatic rings. The maximum Gasteiger partial charge on any atom is 0.311 e. The highest BCUT2D eigenvalue weighted by Gasteiger charge is 2.36. The number of esters is 1. The minimum atomic E-state index is -0.451. The molecule has 144 valence electrons. The Morgan fingerprint density at radius 2 is 2.00 bits per heavy atom. The highest BCUT2D eigenvalue weighted by Crippen LogP contribution is 2.27. The quantitative estimate of drug-likeness (QED) is 0.622. The Morgan fingerprint density at radius 1 is 1.21 bits per heavy atom. The maximum absolute atomic E-state index is 12.3. The smallest absolute Gasteiger partial charge is 0.311 e. The Balaban J connectivity index is 1.25. The van der Waals surface area contributed by atoms with E-state index in [4.69, 9.17) is 16.3 Å². The number of ether oxygens (including phenoxy) is 1. The average molecular weight is 398 g/mol. The second-order valence-corrected chi connectivity index (χ2v) is 7.23. The average Bonchev–Trinajstić information content (AvgIpc) is 3.29. The van der Waals surface area contributed by atoms with E-state index in [0.717, 1.165) is 17.1 Å². The van der Waals surface area contributed by atoms with Crippen molar-refractivity contribution in [2.75, 3.05) is 24.6 Å². The molecule has 1 atom stereocenters. The number of rotatable bonds is 5. The van der Waals surface area contributed by atoms with Gasteiger partial charge in [-0.25, -0.2) is 0 Å². The zero-order chi connectivity index (χ0) is 19.5. The van der Waals surface area contributed by atoms with Crippen LogP contribution in [0.3, 0.4) is 0 Å². The van der Waals surface area contributed by atoms with E-state index in [1.165, 1.54) is 5.56 Å². The molecule has 1 N–H and O–H groups in total. The van der Waals surface area contributed by atoms with Crippen LogP contribution < -0.4 is 10.2 Å². The Labute approximate surface area is 168 Å². The van der Waals surface area contributed by atoms with Gasteiger partial charge in [-0.15, -0.1) is 0 Å². The summed E-state index contributed by atoms with van der Waals surface area (Å²) in [5, 5.41) is 3.82. The Bertz CT molecular complexity index is 927. The number of carbonyl (C=O) groups is 2. The first-order valence-electron chi connectivity index (χ1n) is 9.21. The second-order valence-electron chi connectivity index (χ2n) is 6.80. The van der Waals surface area contributed by atoms with Crippen molar-refractivity contribution in [1.82, 2.24) is 5.32 Å². The Morgan fingerprint density at radius 3 is 2.82 bits per heavy atom. The van der Waals surface area contributed by atoms with Crippen LogP contribution in [0.2, 0.25) is 5.02 Å². The lowest BCUT2D eigenvalue weighted by molar-refractivity contribution is -0.148. The number of amides is 1. The van der Waals surface area contributed by atoms with E-state index in [2.05, 4.69) is 16.4 Å². The molecule has 1 saturated heterocycles. The molecule has 0 aromatic heterocycles. The van der Waals surface area contributed by atoms with Gasteiger partial charge >= 0.3 is 5.97 Å². The van der Waals surface area contributed by atoms with Crippen LogP contribution in [0.1, 0.15) is 17.5 Å². The lowest BCUT2D eigenvalue weighted by atomic mass is 10.1. The summed E-state index contributed by atoms with van der Waals surface area (Å²) >= 11 is 5.89. The molecule has 0 radical (unpaired) electrons. The van der Waals surface area contributed by atoms with E-state index in [9.17, 15) is 9.59 Å². The number of carbonyl (C=O) groups excluding carboxylic acids is 2. The fourth-order valence-corrected chi connectivity index (χ4v) is 3.59. The predicted octanol–water partition coefficient (Wildman–Crippen LogP) is 2.79. The number of hydrogen-bond acceptors (Lipinski definition) is 5. The van der Waals surface area contributed by atoms with Gasteiger partial charge in [-0.2, -0.15) is 0 Å². The molecule has 1 unspecified atom stereocenters. The lowest BCUT2D eigenvalue weighted by Crippen LogP contribution is -2.30. The number of amidine groups is 1. The van der Waals surface area contributed by atoms with E-state index in [1.54, 1.807) is 29.2 Å². The monoisotopic (exact) mass is 397 g/mol. The van der Waals surface area contributed by atoms with Crippen molar-refractivity contribution in [3.8, 4) is 0 Å². The predicted molar refractivity (Wildman–Crippen MR) is 108 cm³/mol. The van der Waals surface area contributed by atoms with Gasteiger partial charge in [-0.05, 0) is 29.8 Å². The first-order chi connectivity index (χ1) is 13.6. The molecule has 2 aliphatic heterocycles. The molecule has 0 saturated carbocycles. The maximum atomic E-state index is 12.3. The van der Waals surface area contributed by atoms with Gasteiger partial charge in [0, 0.05) is 29.2 Å². The van der Waals surface area contributed by atoms with Crippen LogP contribution in [0.25, 0.3) is 0 Å². The van der Waals surface area contributed by atoms with E-state index >= 15 is 0 Å². The van der Waals surface area contributed by atoms with Crippen LogP contribution in [-0.2, 0) is 20.9 Å². The van der Waals surface area contributed by atoms with Gasteiger partial charge in [0.2, 0.25) is 5.91 Å². The van der Waals surface area contributed by atoms with Crippen LogP contribution in [0.15, 0.2) is 53.5 Å². The minimum Gasteiger partial charge on any atom is -0.464 e. The number of fused-ring (bicyclic) bond motifs is 1. The van der Waals surface area contributed by atoms with E-state index in [0.29, 0.717) is 24.7 Å². The van der Waals surface area contributed by atoms with Gasteiger partial charge in [0.25, 0.3) is 0 Å². The zero-order valence-electron chi connectivity index (χ0n) is 15.2. The van der Waals surface area contributed by atoms with Gasteiger partial charge in [0.05, 0.1) is 19.0 Å². The molecule has 2 aromatic rings. The summed E-state index contributed by atoms with van der Waals surface area (Å²) in [4.78, 5) is 30.7. The second kappa shape index (κ2) is 8.02. The first kappa shape index (κ1) is 18.5. The van der Waals surface area contributed by atoms with Crippen LogP contribution in [0, 0.1) is 5.92 Å². The van der Waals surface area contributed by atoms with Crippen molar-refractivity contribution in [3.63, 3.8) is 0 Å². The molecule has 0 spiro atoms. The molecule has 0 aliphatic carbocycles. The number of hydrogen-bond donors (Lipinski definition) is 1. The number of nitrogens with one attached hydrogen (secondary N) is 1. The fraction of sp³-hybridized carbons (Fsp3) is 0.286. The molecular weight excluding hydrogens is 378 g/mol. The van der Waals surface area contributed by atoms with Gasteiger partial charge in [0.1, 0.15) is 12.4 Å². The van der Waals surface area contributed by atoms with Gasteiger partial charge in [-0.3, -0.25) is 14.6 Å². The Kier molecular flexibility index (Phi) is 5.30. The molecule has 0 bridgehead atoms. The lowest BCUT2D eigenvalue weighted by Gasteiger charge is -2.16. The standard InChI is InChI=1S/C21H20ClN3O3/c22-16-5-7-17(8-6-16)25-13-15(11-19(25)26)21(27)28-10-9-23-20-18-4-2-1-3-14(18)12-24-20/h1-8,15H,9-13H2,(H,23,24). The van der Waals surface area contributed by atoms with Crippen molar-refractivity contribution >= 4 is 35.0 Å². The first-order valence-corrected chi connectivity index (χ1v) is 9.59. The third-order valence-electron chi connectivity index (χ3n) is 4.92. The molecule has 6 nitrogen and oxygen atoms in total. The number of benzene rings is 2. The highest BCUT2D eigenvalue weighted by molar-refractivity contribution is 6.30. The number of anilines is 1. The summed E-state index contributed by atoms with van der Waals surface area (Å²) in [5.41, 5.74) is 3.02. The third kappa shape index (κ3) is 3.87. The summed E-state index contributed by atoms with van der Waals surface area (Å²) in [7, 11) is 0. The number of halogens is 1. The molecule has 2 aromatic carbocycles. The van der Waals surface area contributed by atoms with Crippen LogP contribution >= 0.6 is 11.6 Å². The highest BCUT2D eigenvalue weighted by atomic mass is 35.5. The molecule has 1 amide bonds.